The van der Waals surface area contributed by atoms with Crippen LogP contribution in [0.2, 0.25) is 0 Å². The van der Waals surface area contributed by atoms with Crippen molar-refractivity contribution in [3.8, 4) is 11.5 Å². The number of amides is 3. The minimum Gasteiger partial charge on any atom is -0.454 e. The lowest BCUT2D eigenvalue weighted by atomic mass is 10.2. The fourth-order valence-corrected chi connectivity index (χ4v) is 2.48. The molecule has 0 saturated carbocycles. The van der Waals surface area contributed by atoms with E-state index < -0.39 is 12.1 Å². The zero-order valence-corrected chi connectivity index (χ0v) is 14.5. The molecule has 0 bridgehead atoms. The van der Waals surface area contributed by atoms with Crippen LogP contribution in [0.4, 0.5) is 4.79 Å². The predicted octanol–water partition coefficient (Wildman–Crippen LogP) is 1.92. The van der Waals surface area contributed by atoms with Crippen molar-refractivity contribution >= 4 is 11.9 Å². The average Bonchev–Trinajstić information content (AvgIpc) is 3.13. The number of rotatable bonds is 6. The molecule has 2 aromatic rings. The maximum atomic E-state index is 12.1. The third kappa shape index (κ3) is 4.66. The summed E-state index contributed by atoms with van der Waals surface area (Å²) in [6, 6.07) is 14.0. The number of hydrogen-bond donors (Lipinski definition) is 3. The fourth-order valence-electron chi connectivity index (χ4n) is 2.48. The first-order chi connectivity index (χ1) is 12.6. The van der Waals surface area contributed by atoms with Crippen LogP contribution in [0.15, 0.2) is 48.5 Å². The number of carbonyl (C=O) groups is 2. The number of urea groups is 1. The predicted molar refractivity (Wildman–Crippen MR) is 95.7 cm³/mol. The van der Waals surface area contributed by atoms with Crippen LogP contribution in [-0.4, -0.2) is 24.8 Å². The largest absolute Gasteiger partial charge is 0.454 e. The third-order valence-corrected chi connectivity index (χ3v) is 3.94. The van der Waals surface area contributed by atoms with E-state index >= 15 is 0 Å². The molecule has 0 spiro atoms. The number of hydrogen-bond acceptors (Lipinski definition) is 4. The molecule has 1 unspecified atom stereocenters. The second-order valence-electron chi connectivity index (χ2n) is 5.94. The Morgan fingerprint density at radius 3 is 2.50 bits per heavy atom. The van der Waals surface area contributed by atoms with E-state index in [0.717, 1.165) is 11.1 Å². The maximum Gasteiger partial charge on any atom is 0.315 e. The summed E-state index contributed by atoms with van der Waals surface area (Å²) in [5, 5.41) is 8.14. The van der Waals surface area contributed by atoms with Crippen LogP contribution in [-0.2, 0) is 17.9 Å². The summed E-state index contributed by atoms with van der Waals surface area (Å²) in [6.45, 7) is 2.59. The standard InChI is InChI=1S/C19H21N3O4/c1-13(18(23)20-10-14-5-3-2-4-6-14)22-19(24)21-11-15-7-8-16-17(9-15)26-12-25-16/h2-9,13H,10-12H2,1H3,(H,20,23)(H2,21,22,24). The molecule has 3 amide bonds. The minimum absolute atomic E-state index is 0.211. The third-order valence-electron chi connectivity index (χ3n) is 3.94. The molecule has 0 fully saturated rings. The van der Waals surface area contributed by atoms with E-state index in [4.69, 9.17) is 9.47 Å². The first kappa shape index (κ1) is 17.6. The molecule has 3 N–H and O–H groups in total. The van der Waals surface area contributed by atoms with E-state index in [-0.39, 0.29) is 12.7 Å². The van der Waals surface area contributed by atoms with Gasteiger partial charge in [-0.25, -0.2) is 4.79 Å². The summed E-state index contributed by atoms with van der Waals surface area (Å²) in [7, 11) is 0. The Morgan fingerprint density at radius 1 is 0.962 bits per heavy atom. The molecule has 7 heteroatoms. The van der Waals surface area contributed by atoms with Gasteiger partial charge in [0.2, 0.25) is 12.7 Å². The van der Waals surface area contributed by atoms with Crippen molar-refractivity contribution in [2.75, 3.05) is 6.79 Å². The summed E-state index contributed by atoms with van der Waals surface area (Å²) in [5.74, 6) is 1.12. The lowest BCUT2D eigenvalue weighted by Crippen LogP contribution is -2.48. The molecule has 1 heterocycles. The molecule has 136 valence electrons. The Kier molecular flexibility index (Phi) is 5.58. The first-order valence-electron chi connectivity index (χ1n) is 8.36. The van der Waals surface area contributed by atoms with E-state index in [1.807, 2.05) is 42.5 Å². The maximum absolute atomic E-state index is 12.1. The first-order valence-corrected chi connectivity index (χ1v) is 8.36. The van der Waals surface area contributed by atoms with Crippen LogP contribution >= 0.6 is 0 Å². The van der Waals surface area contributed by atoms with Crippen molar-refractivity contribution < 1.29 is 19.1 Å². The number of fused-ring (bicyclic) bond motifs is 1. The average molecular weight is 355 g/mol. The summed E-state index contributed by atoms with van der Waals surface area (Å²) in [6.07, 6.45) is 0. The van der Waals surface area contributed by atoms with Gasteiger partial charge in [0.15, 0.2) is 11.5 Å². The SMILES string of the molecule is CC(NC(=O)NCc1ccc2c(c1)OCO2)C(=O)NCc1ccccc1. The molecule has 7 nitrogen and oxygen atoms in total. The molecular formula is C19H21N3O4. The van der Waals surface area contributed by atoms with Gasteiger partial charge in [0.1, 0.15) is 6.04 Å². The number of ether oxygens (including phenoxy) is 2. The molecule has 1 aliphatic rings. The molecule has 0 saturated heterocycles. The van der Waals surface area contributed by atoms with Crippen molar-refractivity contribution in [2.24, 2.45) is 0 Å². The normalized spacial score (nSPS) is 13.0. The molecule has 0 aliphatic carbocycles. The van der Waals surface area contributed by atoms with Crippen LogP contribution in [0.1, 0.15) is 18.1 Å². The van der Waals surface area contributed by atoms with Gasteiger partial charge in [0.25, 0.3) is 0 Å². The van der Waals surface area contributed by atoms with E-state index in [1.54, 1.807) is 13.0 Å². The Balaban J connectivity index is 1.41. The topological polar surface area (TPSA) is 88.7 Å². The number of benzene rings is 2. The Bertz CT molecular complexity index is 780. The van der Waals surface area contributed by atoms with E-state index in [2.05, 4.69) is 16.0 Å². The van der Waals surface area contributed by atoms with Gasteiger partial charge in [-0.15, -0.1) is 0 Å². The van der Waals surface area contributed by atoms with Crippen molar-refractivity contribution in [1.82, 2.24) is 16.0 Å². The van der Waals surface area contributed by atoms with Crippen molar-refractivity contribution in [1.29, 1.82) is 0 Å². The van der Waals surface area contributed by atoms with Gasteiger partial charge in [0, 0.05) is 13.1 Å². The lowest BCUT2D eigenvalue weighted by molar-refractivity contribution is -0.122. The zero-order chi connectivity index (χ0) is 18.4. The molecule has 3 rings (SSSR count). The molecule has 0 aromatic heterocycles. The van der Waals surface area contributed by atoms with Crippen LogP contribution in [0.5, 0.6) is 11.5 Å². The fraction of sp³-hybridized carbons (Fsp3) is 0.263. The molecule has 26 heavy (non-hydrogen) atoms. The van der Waals surface area contributed by atoms with Gasteiger partial charge in [0.05, 0.1) is 0 Å². The van der Waals surface area contributed by atoms with Crippen molar-refractivity contribution in [3.05, 3.63) is 59.7 Å². The Hall–Kier alpha value is -3.22. The van der Waals surface area contributed by atoms with Gasteiger partial charge in [-0.2, -0.15) is 0 Å². The Labute approximate surface area is 151 Å². The second kappa shape index (κ2) is 8.24. The van der Waals surface area contributed by atoms with Gasteiger partial charge in [-0.3, -0.25) is 4.79 Å². The molecule has 2 aromatic carbocycles. The summed E-state index contributed by atoms with van der Waals surface area (Å²) < 4.78 is 10.5. The van der Waals surface area contributed by atoms with Crippen molar-refractivity contribution in [2.45, 2.75) is 26.1 Å². The highest BCUT2D eigenvalue weighted by molar-refractivity contribution is 5.86. The van der Waals surface area contributed by atoms with Crippen LogP contribution in [0.25, 0.3) is 0 Å². The monoisotopic (exact) mass is 355 g/mol. The minimum atomic E-state index is -0.643. The van der Waals surface area contributed by atoms with Crippen LogP contribution in [0, 0.1) is 0 Å². The molecule has 1 aliphatic heterocycles. The number of nitrogens with one attached hydrogen (secondary N) is 3. The zero-order valence-electron chi connectivity index (χ0n) is 14.5. The summed E-state index contributed by atoms with van der Waals surface area (Å²) >= 11 is 0. The lowest BCUT2D eigenvalue weighted by Gasteiger charge is -2.15. The van der Waals surface area contributed by atoms with E-state index in [0.29, 0.717) is 24.6 Å². The molecular weight excluding hydrogens is 334 g/mol. The highest BCUT2D eigenvalue weighted by Crippen LogP contribution is 2.32. The van der Waals surface area contributed by atoms with E-state index in [9.17, 15) is 9.59 Å². The quantitative estimate of drug-likeness (QED) is 0.739. The Morgan fingerprint density at radius 2 is 1.69 bits per heavy atom. The van der Waals surface area contributed by atoms with Gasteiger partial charge in [-0.1, -0.05) is 36.4 Å². The highest BCUT2D eigenvalue weighted by atomic mass is 16.7. The second-order valence-corrected chi connectivity index (χ2v) is 5.94. The van der Waals surface area contributed by atoms with Crippen LogP contribution in [0.3, 0.4) is 0 Å². The van der Waals surface area contributed by atoms with Gasteiger partial charge >= 0.3 is 6.03 Å². The summed E-state index contributed by atoms with van der Waals surface area (Å²) in [4.78, 5) is 24.1. The molecule has 0 radical (unpaired) electrons. The highest BCUT2D eigenvalue weighted by Gasteiger charge is 2.16. The smallest absolute Gasteiger partial charge is 0.315 e. The van der Waals surface area contributed by atoms with E-state index in [1.165, 1.54) is 0 Å². The van der Waals surface area contributed by atoms with Crippen LogP contribution < -0.4 is 25.4 Å². The number of carbonyl (C=O) groups excluding carboxylic acids is 2. The molecule has 1 atom stereocenters. The van der Waals surface area contributed by atoms with Gasteiger partial charge in [-0.05, 0) is 30.2 Å². The summed E-state index contributed by atoms with van der Waals surface area (Å²) in [5.41, 5.74) is 1.88. The van der Waals surface area contributed by atoms with Crippen molar-refractivity contribution in [3.63, 3.8) is 0 Å². The van der Waals surface area contributed by atoms with Gasteiger partial charge < -0.3 is 25.4 Å².